The summed E-state index contributed by atoms with van der Waals surface area (Å²) in [7, 11) is -2.68. The molecule has 0 bridgehead atoms. The number of carbonyl (C=O) groups excluding carboxylic acids is 2. The van der Waals surface area contributed by atoms with E-state index in [0.717, 1.165) is 50.0 Å². The molecule has 0 unspecified atom stereocenters. The fourth-order valence-corrected chi connectivity index (χ4v) is 6.48. The first kappa shape index (κ1) is 35.6. The van der Waals surface area contributed by atoms with Gasteiger partial charge in [0.1, 0.15) is 5.75 Å². The fourth-order valence-electron chi connectivity index (χ4n) is 3.87. The molecule has 40 heavy (non-hydrogen) atoms. The van der Waals surface area contributed by atoms with Crippen molar-refractivity contribution in [3.8, 4) is 5.75 Å². The van der Waals surface area contributed by atoms with Crippen LogP contribution in [0.3, 0.4) is 0 Å². The molecule has 0 aliphatic rings. The molecule has 9 nitrogen and oxygen atoms in total. The van der Waals surface area contributed by atoms with Gasteiger partial charge in [0.15, 0.2) is 0 Å². The lowest BCUT2D eigenvalue weighted by molar-refractivity contribution is -0.137. The van der Waals surface area contributed by atoms with Crippen LogP contribution in [-0.4, -0.2) is 67.1 Å². The third kappa shape index (κ3) is 17.3. The van der Waals surface area contributed by atoms with Crippen LogP contribution in [0, 0.1) is 0 Å². The standard InChI is InChI=1S/C30H51NO8Si/c1-5-9-12-23-34-28-19-16-27(17-20-28)18-21-29(32)35-24-13-10-11-14-25-36-30(33)31-22-15-26-40(37-6-2,38-7-3)39-8-4/h16-21H,5-15,22-26H2,1-4H3,(H,31,33)/b21-18+. The number of benzene rings is 1. The zero-order chi connectivity index (χ0) is 29.3. The molecule has 0 aliphatic heterocycles. The zero-order valence-corrected chi connectivity index (χ0v) is 26.0. The molecular weight excluding hydrogens is 530 g/mol. The normalized spacial score (nSPS) is 11.5. The van der Waals surface area contributed by atoms with Gasteiger partial charge in [-0.3, -0.25) is 0 Å². The van der Waals surface area contributed by atoms with E-state index in [1.807, 2.05) is 45.0 Å². The third-order valence-corrected chi connectivity index (χ3v) is 9.00. The first-order valence-corrected chi connectivity index (χ1v) is 16.8. The van der Waals surface area contributed by atoms with Crippen molar-refractivity contribution in [2.45, 2.75) is 85.1 Å². The van der Waals surface area contributed by atoms with Crippen LogP contribution in [-0.2, 0) is 27.5 Å². The Morgan fingerprint density at radius 2 is 1.35 bits per heavy atom. The number of alkyl carbamates (subject to hydrolysis) is 1. The highest BCUT2D eigenvalue weighted by Crippen LogP contribution is 2.18. The number of amides is 1. The molecule has 10 heteroatoms. The highest BCUT2D eigenvalue weighted by Gasteiger charge is 2.39. The van der Waals surface area contributed by atoms with Gasteiger partial charge in [-0.2, -0.15) is 0 Å². The summed E-state index contributed by atoms with van der Waals surface area (Å²) in [4.78, 5) is 23.9. The molecular formula is C30H51NO8Si. The van der Waals surface area contributed by atoms with Crippen molar-refractivity contribution < 1.29 is 37.1 Å². The number of nitrogens with one attached hydrogen (secondary N) is 1. The van der Waals surface area contributed by atoms with Gasteiger partial charge in [0.25, 0.3) is 0 Å². The van der Waals surface area contributed by atoms with E-state index in [1.165, 1.54) is 18.9 Å². The largest absolute Gasteiger partial charge is 0.500 e. The van der Waals surface area contributed by atoms with Crippen molar-refractivity contribution in [1.29, 1.82) is 0 Å². The maximum Gasteiger partial charge on any atom is 0.500 e. The summed E-state index contributed by atoms with van der Waals surface area (Å²) in [5, 5.41) is 2.77. The van der Waals surface area contributed by atoms with Crippen molar-refractivity contribution in [2.75, 3.05) is 46.2 Å². The summed E-state index contributed by atoms with van der Waals surface area (Å²) in [5.74, 6) is 0.479. The quantitative estimate of drug-likeness (QED) is 0.0636. The first-order valence-electron chi connectivity index (χ1n) is 14.9. The molecule has 0 atom stereocenters. The molecule has 1 N–H and O–H groups in total. The van der Waals surface area contributed by atoms with Crippen molar-refractivity contribution in [3.63, 3.8) is 0 Å². The van der Waals surface area contributed by atoms with Gasteiger partial charge in [-0.05, 0) is 83.1 Å². The number of esters is 1. The maximum atomic E-state index is 11.9. The first-order chi connectivity index (χ1) is 19.5. The van der Waals surface area contributed by atoms with Crippen LogP contribution in [0.5, 0.6) is 5.75 Å². The molecule has 1 rings (SSSR count). The van der Waals surface area contributed by atoms with Gasteiger partial charge >= 0.3 is 20.9 Å². The predicted octanol–water partition coefficient (Wildman–Crippen LogP) is 6.54. The Bertz CT molecular complexity index is 801. The molecule has 1 aromatic carbocycles. The molecule has 0 aromatic heterocycles. The molecule has 0 spiro atoms. The van der Waals surface area contributed by atoms with Crippen molar-refractivity contribution in [2.24, 2.45) is 0 Å². The van der Waals surface area contributed by atoms with Crippen LogP contribution in [0.2, 0.25) is 6.04 Å². The van der Waals surface area contributed by atoms with Crippen LogP contribution in [0.4, 0.5) is 4.79 Å². The third-order valence-electron chi connectivity index (χ3n) is 5.85. The van der Waals surface area contributed by atoms with Gasteiger partial charge in [-0.15, -0.1) is 0 Å². The summed E-state index contributed by atoms with van der Waals surface area (Å²) < 4.78 is 33.6. The van der Waals surface area contributed by atoms with Gasteiger partial charge in [-0.25, -0.2) is 9.59 Å². The molecule has 1 aromatic rings. The predicted molar refractivity (Wildman–Crippen MR) is 159 cm³/mol. The van der Waals surface area contributed by atoms with E-state index in [1.54, 1.807) is 6.08 Å². The topological polar surface area (TPSA) is 102 Å². The number of hydrogen-bond acceptors (Lipinski definition) is 8. The summed E-state index contributed by atoms with van der Waals surface area (Å²) >= 11 is 0. The van der Waals surface area contributed by atoms with E-state index < -0.39 is 14.9 Å². The Morgan fingerprint density at radius 1 is 0.750 bits per heavy atom. The highest BCUT2D eigenvalue weighted by molar-refractivity contribution is 6.60. The average Bonchev–Trinajstić information content (AvgIpc) is 2.95. The maximum absolute atomic E-state index is 11.9. The van der Waals surface area contributed by atoms with E-state index in [2.05, 4.69) is 12.2 Å². The summed E-state index contributed by atoms with van der Waals surface area (Å²) in [6.45, 7) is 11.5. The number of hydrogen-bond donors (Lipinski definition) is 1. The second-order valence-corrected chi connectivity index (χ2v) is 11.9. The summed E-state index contributed by atoms with van der Waals surface area (Å²) in [6, 6.07) is 8.30. The zero-order valence-electron chi connectivity index (χ0n) is 25.0. The molecule has 0 saturated heterocycles. The van der Waals surface area contributed by atoms with Crippen LogP contribution >= 0.6 is 0 Å². The van der Waals surface area contributed by atoms with E-state index in [0.29, 0.717) is 52.0 Å². The lowest BCUT2D eigenvalue weighted by atomic mass is 10.2. The Morgan fingerprint density at radius 3 is 1.95 bits per heavy atom. The van der Waals surface area contributed by atoms with E-state index >= 15 is 0 Å². The van der Waals surface area contributed by atoms with Crippen LogP contribution in [0.15, 0.2) is 30.3 Å². The monoisotopic (exact) mass is 581 g/mol. The SMILES string of the molecule is CCCCCOc1ccc(/C=C/C(=O)OCCCCCCOC(=O)NCCC[Si](OCC)(OCC)OCC)cc1. The van der Waals surface area contributed by atoms with Crippen LogP contribution in [0.25, 0.3) is 6.08 Å². The van der Waals surface area contributed by atoms with Gasteiger partial charge < -0.3 is 32.8 Å². The summed E-state index contributed by atoms with van der Waals surface area (Å²) in [6.07, 6.45) is 10.1. The van der Waals surface area contributed by atoms with E-state index in [9.17, 15) is 9.59 Å². The van der Waals surface area contributed by atoms with Crippen molar-refractivity contribution in [3.05, 3.63) is 35.9 Å². The summed E-state index contributed by atoms with van der Waals surface area (Å²) in [5.41, 5.74) is 0.915. The molecule has 0 saturated carbocycles. The Labute approximate surface area is 242 Å². The van der Waals surface area contributed by atoms with E-state index in [4.69, 9.17) is 27.5 Å². The number of ether oxygens (including phenoxy) is 3. The number of unbranched alkanes of at least 4 members (excludes halogenated alkanes) is 5. The smallest absolute Gasteiger partial charge is 0.494 e. The minimum Gasteiger partial charge on any atom is -0.494 e. The van der Waals surface area contributed by atoms with Crippen molar-refractivity contribution >= 4 is 26.9 Å². The van der Waals surface area contributed by atoms with Crippen LogP contribution in [0.1, 0.15) is 84.6 Å². The van der Waals surface area contributed by atoms with E-state index in [-0.39, 0.29) is 5.97 Å². The lowest BCUT2D eigenvalue weighted by Crippen LogP contribution is -2.46. The second-order valence-electron chi connectivity index (χ2n) is 9.19. The highest BCUT2D eigenvalue weighted by atomic mass is 28.4. The Hall–Kier alpha value is -2.40. The molecule has 0 radical (unpaired) electrons. The molecule has 1 amide bonds. The van der Waals surface area contributed by atoms with Crippen LogP contribution < -0.4 is 10.1 Å². The fraction of sp³-hybridized carbons (Fsp3) is 0.667. The van der Waals surface area contributed by atoms with Crippen molar-refractivity contribution in [1.82, 2.24) is 5.32 Å². The second kappa shape index (κ2) is 23.3. The molecule has 0 heterocycles. The number of carbonyl (C=O) groups is 2. The Balaban J connectivity index is 2.08. The minimum absolute atomic E-state index is 0.354. The minimum atomic E-state index is -2.68. The Kier molecular flexibility index (Phi) is 20.8. The van der Waals surface area contributed by atoms with Gasteiger partial charge in [0.05, 0.1) is 19.8 Å². The van der Waals surface area contributed by atoms with Gasteiger partial charge in [0, 0.05) is 38.5 Å². The average molecular weight is 582 g/mol. The lowest BCUT2D eigenvalue weighted by Gasteiger charge is -2.28. The molecule has 0 fully saturated rings. The van der Waals surface area contributed by atoms with Gasteiger partial charge in [0.2, 0.25) is 0 Å². The molecule has 0 aliphatic carbocycles. The number of rotatable bonds is 24. The molecule has 228 valence electrons. The van der Waals surface area contributed by atoms with Gasteiger partial charge in [-0.1, -0.05) is 31.9 Å².